The van der Waals surface area contributed by atoms with Crippen LogP contribution in [0.25, 0.3) is 0 Å². The molecule has 0 aliphatic heterocycles. The van der Waals surface area contributed by atoms with E-state index in [2.05, 4.69) is 0 Å². The second kappa shape index (κ2) is 5.61. The van der Waals surface area contributed by atoms with E-state index in [0.717, 1.165) is 18.4 Å². The lowest BCUT2D eigenvalue weighted by atomic mass is 10.2. The molecule has 1 aromatic carbocycles. The summed E-state index contributed by atoms with van der Waals surface area (Å²) in [5, 5.41) is 0. The van der Waals surface area contributed by atoms with E-state index in [1.807, 2.05) is 0 Å². The fraction of sp³-hybridized carbons (Fsp3) is 0.462. The Morgan fingerprint density at radius 3 is 2.65 bits per heavy atom. The Hall–Kier alpha value is -1.27. The van der Waals surface area contributed by atoms with Gasteiger partial charge in [0.1, 0.15) is 10.6 Å². The quantitative estimate of drug-likeness (QED) is 0.778. The number of hydrogen-bond acceptors (Lipinski definition) is 4. The molecule has 0 aromatic heterocycles. The van der Waals surface area contributed by atoms with E-state index in [-0.39, 0.29) is 23.2 Å². The minimum absolute atomic E-state index is 0.100. The van der Waals surface area contributed by atoms with Crippen LogP contribution in [0.5, 0.6) is 5.75 Å². The molecule has 1 aliphatic rings. The monoisotopic (exact) mass is 317 g/mol. The molecular weight excluding hydrogens is 302 g/mol. The maximum Gasteiger partial charge on any atom is 0.264 e. The van der Waals surface area contributed by atoms with Gasteiger partial charge in [0.25, 0.3) is 15.0 Å². The van der Waals surface area contributed by atoms with Crippen LogP contribution >= 0.6 is 10.7 Å². The summed E-state index contributed by atoms with van der Waals surface area (Å²) in [7, 11) is 3.19. The lowest BCUT2D eigenvalue weighted by molar-refractivity contribution is -0.132. The van der Waals surface area contributed by atoms with Crippen molar-refractivity contribution in [2.75, 3.05) is 13.7 Å². The van der Waals surface area contributed by atoms with Gasteiger partial charge >= 0.3 is 0 Å². The summed E-state index contributed by atoms with van der Waals surface area (Å²) in [5.74, 6) is -0.0749. The van der Waals surface area contributed by atoms with Gasteiger partial charge in [0, 0.05) is 23.8 Å². The summed E-state index contributed by atoms with van der Waals surface area (Å²) in [6.07, 6.45) is 2.02. The average Bonchev–Trinajstić information content (AvgIpc) is 3.19. The van der Waals surface area contributed by atoms with Crippen molar-refractivity contribution < 1.29 is 17.9 Å². The third-order valence-electron chi connectivity index (χ3n) is 3.20. The van der Waals surface area contributed by atoms with E-state index in [0.29, 0.717) is 6.04 Å². The third kappa shape index (κ3) is 3.64. The number of ether oxygens (including phenoxy) is 1. The van der Waals surface area contributed by atoms with Crippen LogP contribution in [0.15, 0.2) is 23.1 Å². The molecule has 1 saturated carbocycles. The predicted molar refractivity (Wildman–Crippen MR) is 75.5 cm³/mol. The summed E-state index contributed by atoms with van der Waals surface area (Å²) in [6.45, 7) is 1.55. The maximum absolute atomic E-state index is 11.8. The fourth-order valence-electron chi connectivity index (χ4n) is 1.83. The van der Waals surface area contributed by atoms with Crippen LogP contribution in [0.1, 0.15) is 18.4 Å². The first-order valence-corrected chi connectivity index (χ1v) is 8.54. The van der Waals surface area contributed by atoms with Gasteiger partial charge in [0.2, 0.25) is 0 Å². The number of amides is 1. The highest BCUT2D eigenvalue weighted by Crippen LogP contribution is 2.29. The molecule has 5 nitrogen and oxygen atoms in total. The van der Waals surface area contributed by atoms with E-state index in [4.69, 9.17) is 15.4 Å². The highest BCUT2D eigenvalue weighted by molar-refractivity contribution is 8.13. The van der Waals surface area contributed by atoms with Crippen molar-refractivity contribution in [3.05, 3.63) is 23.8 Å². The second-order valence-corrected chi connectivity index (χ2v) is 7.45. The number of halogens is 1. The van der Waals surface area contributed by atoms with Gasteiger partial charge in [-0.25, -0.2) is 8.42 Å². The van der Waals surface area contributed by atoms with Gasteiger partial charge in [-0.2, -0.15) is 0 Å². The lowest BCUT2D eigenvalue weighted by Gasteiger charge is -2.17. The van der Waals surface area contributed by atoms with E-state index in [1.165, 1.54) is 12.1 Å². The molecule has 0 radical (unpaired) electrons. The molecule has 0 bridgehead atoms. The summed E-state index contributed by atoms with van der Waals surface area (Å²) < 4.78 is 28.3. The zero-order chi connectivity index (χ0) is 14.9. The summed E-state index contributed by atoms with van der Waals surface area (Å²) in [4.78, 5) is 13.4. The van der Waals surface area contributed by atoms with Gasteiger partial charge < -0.3 is 9.64 Å². The summed E-state index contributed by atoms with van der Waals surface area (Å²) in [6, 6.07) is 4.93. The molecule has 1 aromatic rings. The number of carbonyl (C=O) groups is 1. The van der Waals surface area contributed by atoms with Crippen LogP contribution in [0.3, 0.4) is 0 Å². The van der Waals surface area contributed by atoms with Gasteiger partial charge in [-0.3, -0.25) is 4.79 Å². The molecule has 0 spiro atoms. The van der Waals surface area contributed by atoms with E-state index < -0.39 is 9.05 Å². The zero-order valence-corrected chi connectivity index (χ0v) is 12.9. The molecule has 20 heavy (non-hydrogen) atoms. The molecule has 0 heterocycles. The lowest BCUT2D eigenvalue weighted by Crippen LogP contribution is -2.33. The molecule has 0 saturated heterocycles. The van der Waals surface area contributed by atoms with E-state index >= 15 is 0 Å². The first kappa shape index (κ1) is 15.1. The fourth-order valence-corrected chi connectivity index (χ4v) is 2.89. The number of nitrogens with zero attached hydrogens (tertiary/aromatic N) is 1. The molecule has 110 valence electrons. The Labute approximate surface area is 122 Å². The second-order valence-electron chi connectivity index (χ2n) is 4.91. The number of hydrogen-bond donors (Lipinski definition) is 0. The van der Waals surface area contributed by atoms with Gasteiger partial charge in [0.05, 0.1) is 0 Å². The first-order chi connectivity index (χ1) is 9.29. The van der Waals surface area contributed by atoms with E-state index in [1.54, 1.807) is 24.9 Å². The number of carbonyl (C=O) groups excluding carboxylic acids is 1. The molecule has 7 heteroatoms. The molecule has 0 N–H and O–H groups in total. The highest BCUT2D eigenvalue weighted by atomic mass is 35.7. The number of rotatable bonds is 5. The summed E-state index contributed by atoms with van der Waals surface area (Å²) in [5.41, 5.74) is 0.748. The summed E-state index contributed by atoms with van der Waals surface area (Å²) >= 11 is 0. The Morgan fingerprint density at radius 2 is 2.10 bits per heavy atom. The van der Waals surface area contributed by atoms with Gasteiger partial charge in [-0.15, -0.1) is 0 Å². The molecule has 0 atom stereocenters. The van der Waals surface area contributed by atoms with Crippen LogP contribution in [0.2, 0.25) is 0 Å². The zero-order valence-electron chi connectivity index (χ0n) is 11.3. The molecular formula is C13H16ClNO4S. The van der Waals surface area contributed by atoms with Crippen molar-refractivity contribution in [2.24, 2.45) is 0 Å². The largest absolute Gasteiger partial charge is 0.482 e. The Morgan fingerprint density at radius 1 is 1.45 bits per heavy atom. The van der Waals surface area contributed by atoms with Crippen molar-refractivity contribution in [3.63, 3.8) is 0 Å². The van der Waals surface area contributed by atoms with Crippen molar-refractivity contribution in [3.8, 4) is 5.75 Å². The normalized spacial score (nSPS) is 14.9. The van der Waals surface area contributed by atoms with Crippen molar-refractivity contribution in [1.82, 2.24) is 4.90 Å². The molecule has 1 aliphatic carbocycles. The van der Waals surface area contributed by atoms with Crippen LogP contribution in [-0.4, -0.2) is 38.9 Å². The van der Waals surface area contributed by atoms with Crippen LogP contribution < -0.4 is 4.74 Å². The SMILES string of the molecule is Cc1ccc(OCC(=O)N(C)C2CC2)c(S(=O)(=O)Cl)c1. The minimum Gasteiger partial charge on any atom is -0.482 e. The standard InChI is InChI=1S/C13H16ClNO4S/c1-9-3-6-11(12(7-9)20(14,17)18)19-8-13(16)15(2)10-4-5-10/h3,6-7,10H,4-5,8H2,1-2H3. The number of likely N-dealkylation sites (N-methyl/N-ethyl adjacent to an activating group) is 1. The molecule has 0 unspecified atom stereocenters. The van der Waals surface area contributed by atoms with Crippen molar-refractivity contribution >= 4 is 25.6 Å². The highest BCUT2D eigenvalue weighted by Gasteiger charge is 2.29. The van der Waals surface area contributed by atoms with Gasteiger partial charge in [-0.1, -0.05) is 6.07 Å². The Balaban J connectivity index is 2.11. The smallest absolute Gasteiger partial charge is 0.264 e. The Kier molecular flexibility index (Phi) is 4.25. The topological polar surface area (TPSA) is 63.7 Å². The first-order valence-electron chi connectivity index (χ1n) is 6.23. The van der Waals surface area contributed by atoms with E-state index in [9.17, 15) is 13.2 Å². The number of aryl methyl sites for hydroxylation is 1. The minimum atomic E-state index is -3.91. The third-order valence-corrected chi connectivity index (χ3v) is 4.54. The van der Waals surface area contributed by atoms with Gasteiger partial charge in [0.15, 0.2) is 6.61 Å². The van der Waals surface area contributed by atoms with Crippen molar-refractivity contribution in [2.45, 2.75) is 30.7 Å². The van der Waals surface area contributed by atoms with Crippen LogP contribution in [-0.2, 0) is 13.8 Å². The van der Waals surface area contributed by atoms with Crippen LogP contribution in [0, 0.1) is 6.92 Å². The number of benzene rings is 1. The average molecular weight is 318 g/mol. The van der Waals surface area contributed by atoms with Gasteiger partial charge in [-0.05, 0) is 37.5 Å². The molecule has 1 fully saturated rings. The predicted octanol–water partition coefficient (Wildman–Crippen LogP) is 1.92. The maximum atomic E-state index is 11.8. The van der Waals surface area contributed by atoms with Crippen molar-refractivity contribution in [1.29, 1.82) is 0 Å². The molecule has 2 rings (SSSR count). The molecule has 1 amide bonds. The van der Waals surface area contributed by atoms with Crippen LogP contribution in [0.4, 0.5) is 0 Å². The Bertz CT molecular complexity index is 625.